The summed E-state index contributed by atoms with van der Waals surface area (Å²) in [4.78, 5) is 23.9. The van der Waals surface area contributed by atoms with E-state index in [-0.39, 0.29) is 41.6 Å². The van der Waals surface area contributed by atoms with Gasteiger partial charge in [0, 0.05) is 23.6 Å². The molecule has 0 N–H and O–H groups in total. The number of carbonyl (C=O) groups excluding carboxylic acids is 2. The van der Waals surface area contributed by atoms with E-state index in [9.17, 15) is 9.59 Å². The van der Waals surface area contributed by atoms with Gasteiger partial charge in [0.2, 0.25) is 0 Å². The molecular weight excluding hydrogens is 375 g/mol. The zero-order valence-corrected chi connectivity index (χ0v) is 16.6. The minimum atomic E-state index is -0.455. The van der Waals surface area contributed by atoms with Crippen LogP contribution in [0.3, 0.4) is 0 Å². The molecule has 0 amide bonds. The molecule has 0 spiro atoms. The minimum absolute atomic E-state index is 0.0957. The lowest BCUT2D eigenvalue weighted by molar-refractivity contribution is -0.150. The van der Waals surface area contributed by atoms with Gasteiger partial charge in [-0.15, -0.1) is 0 Å². The molecule has 0 aromatic heterocycles. The molecule has 2 aromatic rings. The number of hydrogen-bond acceptors (Lipinski definition) is 4. The number of halogens is 2. The summed E-state index contributed by atoms with van der Waals surface area (Å²) in [6.45, 7) is 5.81. The predicted molar refractivity (Wildman–Crippen MR) is 104 cm³/mol. The van der Waals surface area contributed by atoms with Crippen LogP contribution in [0.25, 0.3) is 10.8 Å². The summed E-state index contributed by atoms with van der Waals surface area (Å²) in [5, 5.41) is 2.19. The standard InChI is InChI=1S/C20H22Cl2O4/c1-12(2)13(3)25-18(23)9-6-10-19(24)26-20-15-8-5-4-7-14(15)16(21)11-17(20)22/h4-5,7-8,11-13H,6,9-10H2,1-3H3. The van der Waals surface area contributed by atoms with Gasteiger partial charge in [0.1, 0.15) is 6.10 Å². The van der Waals surface area contributed by atoms with E-state index in [2.05, 4.69) is 0 Å². The summed E-state index contributed by atoms with van der Waals surface area (Å²) in [5.41, 5.74) is 0. The van der Waals surface area contributed by atoms with Crippen LogP contribution in [0.15, 0.2) is 30.3 Å². The summed E-state index contributed by atoms with van der Waals surface area (Å²) in [6.07, 6.45) is 0.472. The lowest BCUT2D eigenvalue weighted by atomic mass is 10.1. The minimum Gasteiger partial charge on any atom is -0.462 e. The maximum Gasteiger partial charge on any atom is 0.311 e. The normalized spacial score (nSPS) is 12.2. The molecule has 0 aliphatic rings. The highest BCUT2D eigenvalue weighted by Crippen LogP contribution is 2.38. The Morgan fingerprint density at radius 1 is 0.962 bits per heavy atom. The number of esters is 2. The van der Waals surface area contributed by atoms with Gasteiger partial charge in [-0.05, 0) is 25.3 Å². The van der Waals surface area contributed by atoms with Crippen molar-refractivity contribution in [3.63, 3.8) is 0 Å². The van der Waals surface area contributed by atoms with Crippen LogP contribution in [0, 0.1) is 5.92 Å². The highest BCUT2D eigenvalue weighted by molar-refractivity contribution is 6.40. The van der Waals surface area contributed by atoms with E-state index < -0.39 is 5.97 Å². The molecule has 0 aliphatic carbocycles. The molecule has 1 unspecified atom stereocenters. The summed E-state index contributed by atoms with van der Waals surface area (Å²) < 4.78 is 10.7. The fourth-order valence-corrected chi connectivity index (χ4v) is 2.90. The van der Waals surface area contributed by atoms with Crippen molar-refractivity contribution in [3.05, 3.63) is 40.4 Å². The van der Waals surface area contributed by atoms with Crippen molar-refractivity contribution in [3.8, 4) is 5.75 Å². The van der Waals surface area contributed by atoms with Crippen LogP contribution in [-0.4, -0.2) is 18.0 Å². The maximum absolute atomic E-state index is 12.1. The van der Waals surface area contributed by atoms with Crippen molar-refractivity contribution in [2.45, 2.75) is 46.1 Å². The number of carbonyl (C=O) groups is 2. The Hall–Kier alpha value is -1.78. The van der Waals surface area contributed by atoms with Crippen molar-refractivity contribution >= 4 is 45.9 Å². The van der Waals surface area contributed by atoms with Gasteiger partial charge in [-0.25, -0.2) is 0 Å². The average molecular weight is 397 g/mol. The van der Waals surface area contributed by atoms with Crippen molar-refractivity contribution < 1.29 is 19.1 Å². The Morgan fingerprint density at radius 3 is 2.23 bits per heavy atom. The molecule has 2 aromatic carbocycles. The van der Waals surface area contributed by atoms with Crippen LogP contribution in [0.1, 0.15) is 40.0 Å². The molecule has 0 aliphatic heterocycles. The Labute approximate surface area is 163 Å². The molecule has 4 nitrogen and oxygen atoms in total. The molecule has 1 atom stereocenters. The Balaban J connectivity index is 1.95. The SMILES string of the molecule is CC(C)C(C)OC(=O)CCCC(=O)Oc1c(Cl)cc(Cl)c2ccccc12. The fourth-order valence-electron chi connectivity index (χ4n) is 2.32. The first-order chi connectivity index (χ1) is 12.3. The first-order valence-corrected chi connectivity index (χ1v) is 9.32. The van der Waals surface area contributed by atoms with E-state index in [4.69, 9.17) is 32.7 Å². The van der Waals surface area contributed by atoms with Crippen LogP contribution >= 0.6 is 23.2 Å². The van der Waals surface area contributed by atoms with Crippen molar-refractivity contribution in [1.82, 2.24) is 0 Å². The van der Waals surface area contributed by atoms with Crippen molar-refractivity contribution in [2.24, 2.45) is 5.92 Å². The third kappa shape index (κ3) is 5.36. The third-order valence-electron chi connectivity index (χ3n) is 4.13. The lowest BCUT2D eigenvalue weighted by Gasteiger charge is -2.16. The van der Waals surface area contributed by atoms with Crippen molar-refractivity contribution in [1.29, 1.82) is 0 Å². The first kappa shape index (κ1) is 20.5. The van der Waals surface area contributed by atoms with Gasteiger partial charge in [-0.3, -0.25) is 9.59 Å². The van der Waals surface area contributed by atoms with Crippen LogP contribution in [0.5, 0.6) is 5.75 Å². The molecule has 0 bridgehead atoms. The molecule has 0 saturated carbocycles. The van der Waals surface area contributed by atoms with E-state index >= 15 is 0 Å². The van der Waals surface area contributed by atoms with Crippen LogP contribution in [-0.2, 0) is 14.3 Å². The van der Waals surface area contributed by atoms with Gasteiger partial charge in [0.05, 0.1) is 10.0 Å². The predicted octanol–water partition coefficient (Wildman–Crippen LogP) is 5.81. The fraction of sp³-hybridized carbons (Fsp3) is 0.400. The first-order valence-electron chi connectivity index (χ1n) is 8.56. The lowest BCUT2D eigenvalue weighted by Crippen LogP contribution is -2.20. The summed E-state index contributed by atoms with van der Waals surface area (Å²) in [6, 6.07) is 8.84. The monoisotopic (exact) mass is 396 g/mol. The molecule has 0 saturated heterocycles. The zero-order chi connectivity index (χ0) is 19.3. The number of hydrogen-bond donors (Lipinski definition) is 0. The Bertz CT molecular complexity index is 802. The molecule has 140 valence electrons. The summed E-state index contributed by atoms with van der Waals surface area (Å²) in [7, 11) is 0. The summed E-state index contributed by atoms with van der Waals surface area (Å²) in [5.74, 6) is -0.227. The van der Waals surface area contributed by atoms with E-state index in [0.717, 1.165) is 5.39 Å². The Kier molecular flexibility index (Phi) is 7.30. The number of benzene rings is 2. The highest BCUT2D eigenvalue weighted by Gasteiger charge is 2.16. The maximum atomic E-state index is 12.1. The van der Waals surface area contributed by atoms with Crippen LogP contribution in [0.4, 0.5) is 0 Å². The highest BCUT2D eigenvalue weighted by atomic mass is 35.5. The van der Waals surface area contributed by atoms with Gasteiger partial charge in [0.15, 0.2) is 5.75 Å². The molecule has 26 heavy (non-hydrogen) atoms. The second-order valence-electron chi connectivity index (χ2n) is 6.48. The smallest absolute Gasteiger partial charge is 0.311 e. The average Bonchev–Trinajstić information content (AvgIpc) is 2.58. The molecule has 0 heterocycles. The zero-order valence-electron chi connectivity index (χ0n) is 15.1. The van der Waals surface area contributed by atoms with Gasteiger partial charge >= 0.3 is 11.9 Å². The molecule has 2 rings (SSSR count). The second-order valence-corrected chi connectivity index (χ2v) is 7.30. The second kappa shape index (κ2) is 9.24. The molecule has 0 radical (unpaired) electrons. The van der Waals surface area contributed by atoms with Crippen LogP contribution in [0.2, 0.25) is 10.0 Å². The van der Waals surface area contributed by atoms with Crippen molar-refractivity contribution in [2.75, 3.05) is 0 Å². The number of ether oxygens (including phenoxy) is 2. The quantitative estimate of drug-likeness (QED) is 0.437. The van der Waals surface area contributed by atoms with Crippen LogP contribution < -0.4 is 4.74 Å². The molecule has 6 heteroatoms. The topological polar surface area (TPSA) is 52.6 Å². The Morgan fingerprint density at radius 2 is 1.58 bits per heavy atom. The van der Waals surface area contributed by atoms with Gasteiger partial charge < -0.3 is 9.47 Å². The van der Waals surface area contributed by atoms with E-state index in [1.807, 2.05) is 39.0 Å². The van der Waals surface area contributed by atoms with Gasteiger partial charge in [-0.1, -0.05) is 61.3 Å². The largest absolute Gasteiger partial charge is 0.462 e. The third-order valence-corrected chi connectivity index (χ3v) is 4.73. The molecule has 0 fully saturated rings. The van der Waals surface area contributed by atoms with Gasteiger partial charge in [0.25, 0.3) is 0 Å². The number of rotatable bonds is 7. The summed E-state index contributed by atoms with van der Waals surface area (Å²) >= 11 is 12.4. The van der Waals surface area contributed by atoms with Gasteiger partial charge in [-0.2, -0.15) is 0 Å². The van der Waals surface area contributed by atoms with E-state index in [1.54, 1.807) is 12.1 Å². The number of fused-ring (bicyclic) bond motifs is 1. The molecular formula is C20H22Cl2O4. The van der Waals surface area contributed by atoms with E-state index in [0.29, 0.717) is 16.8 Å². The van der Waals surface area contributed by atoms with E-state index in [1.165, 1.54) is 0 Å².